The zero-order valence-corrected chi connectivity index (χ0v) is 11.8. The molecule has 1 nitrogen and oxygen atoms in total. The average molecular weight is 300 g/mol. The van der Waals surface area contributed by atoms with Crippen molar-refractivity contribution in [1.82, 2.24) is 5.32 Å². The molecule has 1 aromatic carbocycles. The molecule has 0 fully saturated rings. The van der Waals surface area contributed by atoms with E-state index in [0.717, 1.165) is 31.4 Å². The first kappa shape index (κ1) is 14.4. The summed E-state index contributed by atoms with van der Waals surface area (Å²) in [5, 5.41) is 3.47. The van der Waals surface area contributed by atoms with Crippen molar-refractivity contribution < 1.29 is 4.39 Å². The van der Waals surface area contributed by atoms with Gasteiger partial charge in [-0.3, -0.25) is 0 Å². The summed E-state index contributed by atoms with van der Waals surface area (Å²) in [6.45, 7) is 6.92. The van der Waals surface area contributed by atoms with Crippen molar-refractivity contribution in [2.75, 3.05) is 6.54 Å². The minimum absolute atomic E-state index is 0.212. The molecule has 17 heavy (non-hydrogen) atoms. The fourth-order valence-corrected chi connectivity index (χ4v) is 2.17. The van der Waals surface area contributed by atoms with Crippen LogP contribution in [0.3, 0.4) is 0 Å². The first-order chi connectivity index (χ1) is 8.17. The maximum atomic E-state index is 13.1. The Morgan fingerprint density at radius 1 is 1.53 bits per heavy atom. The predicted octanol–water partition coefficient (Wildman–Crippen LogP) is 4.08. The molecule has 0 amide bonds. The molecule has 0 radical (unpaired) electrons. The van der Waals surface area contributed by atoms with Crippen LogP contribution in [0.25, 0.3) is 0 Å². The van der Waals surface area contributed by atoms with Gasteiger partial charge in [0.05, 0.1) is 4.47 Å². The summed E-state index contributed by atoms with van der Waals surface area (Å²) >= 11 is 3.21. The van der Waals surface area contributed by atoms with E-state index in [4.69, 9.17) is 0 Å². The van der Waals surface area contributed by atoms with Crippen LogP contribution in [0.2, 0.25) is 0 Å². The highest BCUT2D eigenvalue weighted by molar-refractivity contribution is 9.10. The Bertz CT molecular complexity index is 365. The third kappa shape index (κ3) is 5.00. The lowest BCUT2D eigenvalue weighted by molar-refractivity contribution is 0.511. The minimum atomic E-state index is -0.212. The van der Waals surface area contributed by atoms with E-state index in [-0.39, 0.29) is 5.82 Å². The lowest BCUT2D eigenvalue weighted by Gasteiger charge is -2.17. The number of benzene rings is 1. The zero-order chi connectivity index (χ0) is 12.7. The third-order valence-electron chi connectivity index (χ3n) is 2.60. The van der Waals surface area contributed by atoms with Crippen LogP contribution in [0.4, 0.5) is 4.39 Å². The van der Waals surface area contributed by atoms with Crippen LogP contribution >= 0.6 is 15.9 Å². The lowest BCUT2D eigenvalue weighted by Crippen LogP contribution is -2.31. The second-order valence-corrected chi connectivity index (χ2v) is 4.98. The van der Waals surface area contributed by atoms with Gasteiger partial charge in [-0.25, -0.2) is 4.39 Å². The summed E-state index contributed by atoms with van der Waals surface area (Å²) < 4.78 is 13.6. The Kier molecular flexibility index (Phi) is 6.45. The van der Waals surface area contributed by atoms with E-state index in [1.165, 1.54) is 6.07 Å². The molecular formula is C14H19BrFN. The first-order valence-electron chi connectivity index (χ1n) is 5.95. The summed E-state index contributed by atoms with van der Waals surface area (Å²) in [6.07, 6.45) is 4.85. The second-order valence-electron chi connectivity index (χ2n) is 4.13. The molecule has 0 spiro atoms. The fraction of sp³-hybridized carbons (Fsp3) is 0.429. The summed E-state index contributed by atoms with van der Waals surface area (Å²) in [7, 11) is 0. The molecule has 1 unspecified atom stereocenters. The number of nitrogens with one attached hydrogen (secondary N) is 1. The number of hydrogen-bond donors (Lipinski definition) is 1. The molecule has 0 aliphatic rings. The van der Waals surface area contributed by atoms with Crippen LogP contribution in [0.15, 0.2) is 35.3 Å². The van der Waals surface area contributed by atoms with E-state index in [2.05, 4.69) is 34.7 Å². The molecule has 1 N–H and O–H groups in total. The van der Waals surface area contributed by atoms with Crippen molar-refractivity contribution in [2.24, 2.45) is 0 Å². The van der Waals surface area contributed by atoms with E-state index in [1.807, 2.05) is 18.2 Å². The van der Waals surface area contributed by atoms with Crippen molar-refractivity contribution in [3.63, 3.8) is 0 Å². The van der Waals surface area contributed by atoms with Gasteiger partial charge in [0.1, 0.15) is 5.82 Å². The van der Waals surface area contributed by atoms with E-state index in [9.17, 15) is 4.39 Å². The van der Waals surface area contributed by atoms with Gasteiger partial charge in [-0.05, 0) is 59.4 Å². The highest BCUT2D eigenvalue weighted by Gasteiger charge is 2.08. The van der Waals surface area contributed by atoms with Gasteiger partial charge in [-0.2, -0.15) is 0 Å². The normalized spacial score (nSPS) is 12.4. The standard InChI is InChI=1S/C14H19BrFN/c1-3-5-12(17-8-4-2)9-11-6-7-14(16)13(15)10-11/h3,6-7,10,12,17H,1,4-5,8-9H2,2H3. The van der Waals surface area contributed by atoms with Crippen LogP contribution in [-0.4, -0.2) is 12.6 Å². The fourth-order valence-electron chi connectivity index (χ4n) is 1.74. The van der Waals surface area contributed by atoms with Crippen molar-refractivity contribution in [3.05, 3.63) is 46.7 Å². The third-order valence-corrected chi connectivity index (χ3v) is 3.21. The summed E-state index contributed by atoms with van der Waals surface area (Å²) in [5.41, 5.74) is 1.13. The second kappa shape index (κ2) is 7.62. The highest BCUT2D eigenvalue weighted by Crippen LogP contribution is 2.18. The molecule has 0 aromatic heterocycles. The first-order valence-corrected chi connectivity index (χ1v) is 6.74. The van der Waals surface area contributed by atoms with Gasteiger partial charge in [0.2, 0.25) is 0 Å². The van der Waals surface area contributed by atoms with Crippen molar-refractivity contribution in [2.45, 2.75) is 32.2 Å². The molecule has 1 rings (SSSR count). The topological polar surface area (TPSA) is 12.0 Å². The quantitative estimate of drug-likeness (QED) is 0.748. The van der Waals surface area contributed by atoms with E-state index >= 15 is 0 Å². The molecule has 0 saturated heterocycles. The Balaban J connectivity index is 2.64. The Hall–Kier alpha value is -0.670. The smallest absolute Gasteiger partial charge is 0.137 e. The summed E-state index contributed by atoms with van der Waals surface area (Å²) in [6, 6.07) is 5.57. The highest BCUT2D eigenvalue weighted by atomic mass is 79.9. The molecule has 1 atom stereocenters. The largest absolute Gasteiger partial charge is 0.313 e. The maximum absolute atomic E-state index is 13.1. The molecule has 0 heterocycles. The predicted molar refractivity (Wildman–Crippen MR) is 74.7 cm³/mol. The van der Waals surface area contributed by atoms with Gasteiger partial charge in [-0.1, -0.05) is 19.1 Å². The van der Waals surface area contributed by atoms with Crippen molar-refractivity contribution >= 4 is 15.9 Å². The molecule has 3 heteroatoms. The van der Waals surface area contributed by atoms with Gasteiger partial charge in [0, 0.05) is 6.04 Å². The number of halogens is 2. The molecular weight excluding hydrogens is 281 g/mol. The van der Waals surface area contributed by atoms with Crippen LogP contribution in [0, 0.1) is 5.82 Å². The van der Waals surface area contributed by atoms with Gasteiger partial charge in [0.25, 0.3) is 0 Å². The van der Waals surface area contributed by atoms with Gasteiger partial charge in [0.15, 0.2) is 0 Å². The molecule has 1 aromatic rings. The van der Waals surface area contributed by atoms with Crippen LogP contribution in [-0.2, 0) is 6.42 Å². The lowest BCUT2D eigenvalue weighted by atomic mass is 10.0. The molecule has 0 bridgehead atoms. The van der Waals surface area contributed by atoms with Crippen LogP contribution in [0.1, 0.15) is 25.3 Å². The Morgan fingerprint density at radius 2 is 2.29 bits per heavy atom. The van der Waals surface area contributed by atoms with Crippen LogP contribution < -0.4 is 5.32 Å². The van der Waals surface area contributed by atoms with Gasteiger partial charge < -0.3 is 5.32 Å². The van der Waals surface area contributed by atoms with Gasteiger partial charge in [-0.15, -0.1) is 6.58 Å². The molecule has 94 valence electrons. The van der Waals surface area contributed by atoms with E-state index < -0.39 is 0 Å². The number of hydrogen-bond acceptors (Lipinski definition) is 1. The maximum Gasteiger partial charge on any atom is 0.137 e. The van der Waals surface area contributed by atoms with E-state index in [0.29, 0.717) is 10.5 Å². The summed E-state index contributed by atoms with van der Waals surface area (Å²) in [5.74, 6) is -0.212. The monoisotopic (exact) mass is 299 g/mol. The van der Waals surface area contributed by atoms with Crippen molar-refractivity contribution in [3.8, 4) is 0 Å². The van der Waals surface area contributed by atoms with Crippen LogP contribution in [0.5, 0.6) is 0 Å². The number of rotatable bonds is 7. The SMILES string of the molecule is C=CCC(Cc1ccc(F)c(Br)c1)NCCC. The minimum Gasteiger partial charge on any atom is -0.313 e. The zero-order valence-electron chi connectivity index (χ0n) is 10.2. The van der Waals surface area contributed by atoms with Gasteiger partial charge >= 0.3 is 0 Å². The average Bonchev–Trinajstić information content (AvgIpc) is 2.31. The molecule has 0 aliphatic carbocycles. The molecule has 0 aliphatic heterocycles. The molecule has 0 saturated carbocycles. The van der Waals surface area contributed by atoms with E-state index in [1.54, 1.807) is 0 Å². The Morgan fingerprint density at radius 3 is 2.88 bits per heavy atom. The van der Waals surface area contributed by atoms with Crippen molar-refractivity contribution in [1.29, 1.82) is 0 Å². The Labute approximate surface area is 111 Å². The summed E-state index contributed by atoms with van der Waals surface area (Å²) in [4.78, 5) is 0.